The normalized spacial score (nSPS) is 25.2. The molecular weight excluding hydrogens is 226 g/mol. The molecule has 1 aromatic carbocycles. The number of rotatable bonds is 1. The van der Waals surface area contributed by atoms with E-state index in [9.17, 15) is 10.2 Å². The maximum Gasteiger partial charge on any atom is 0.125 e. The van der Waals surface area contributed by atoms with Gasteiger partial charge in [0.2, 0.25) is 0 Å². The lowest BCUT2D eigenvalue weighted by molar-refractivity contribution is 0.0625. The first kappa shape index (κ1) is 13.4. The second kappa shape index (κ2) is 4.56. The second-order valence-electron chi connectivity index (χ2n) is 6.41. The van der Waals surface area contributed by atoms with Gasteiger partial charge in [-0.05, 0) is 34.9 Å². The van der Waals surface area contributed by atoms with Crippen molar-refractivity contribution in [3.05, 3.63) is 29.3 Å². The molecule has 0 radical (unpaired) electrons. The van der Waals surface area contributed by atoms with Crippen molar-refractivity contribution >= 4 is 5.69 Å². The van der Waals surface area contributed by atoms with Crippen molar-refractivity contribution in [3.8, 4) is 0 Å². The van der Waals surface area contributed by atoms with Crippen LogP contribution >= 0.6 is 0 Å². The molecule has 3 unspecified atom stereocenters. The van der Waals surface area contributed by atoms with Crippen molar-refractivity contribution in [1.82, 2.24) is 0 Å². The van der Waals surface area contributed by atoms with Crippen molar-refractivity contribution in [1.29, 1.82) is 0 Å². The summed E-state index contributed by atoms with van der Waals surface area (Å²) in [5.41, 5.74) is 2.94. The summed E-state index contributed by atoms with van der Waals surface area (Å²) in [4.78, 5) is 0. The molecule has 1 aliphatic heterocycles. The predicted octanol–water partition coefficient (Wildman–Crippen LogP) is 3.00. The monoisotopic (exact) mass is 249 g/mol. The van der Waals surface area contributed by atoms with Gasteiger partial charge >= 0.3 is 0 Å². The summed E-state index contributed by atoms with van der Waals surface area (Å²) >= 11 is 0. The molecule has 1 heterocycles. The van der Waals surface area contributed by atoms with Crippen molar-refractivity contribution in [2.75, 3.05) is 5.32 Å². The zero-order chi connectivity index (χ0) is 13.5. The Morgan fingerprint density at radius 3 is 2.61 bits per heavy atom. The Balaban J connectivity index is 2.35. The molecule has 0 fully saturated rings. The van der Waals surface area contributed by atoms with Crippen LogP contribution in [0.3, 0.4) is 0 Å². The average Bonchev–Trinajstić information content (AvgIpc) is 2.26. The minimum absolute atomic E-state index is 0.168. The highest BCUT2D eigenvalue weighted by molar-refractivity contribution is 5.56. The zero-order valence-electron chi connectivity index (χ0n) is 11.6. The highest BCUT2D eigenvalue weighted by Gasteiger charge is 2.27. The molecule has 0 bridgehead atoms. The van der Waals surface area contributed by atoms with Crippen molar-refractivity contribution in [2.45, 2.75) is 52.4 Å². The lowest BCUT2D eigenvalue weighted by Crippen LogP contribution is -2.27. The largest absolute Gasteiger partial charge is 0.388 e. The number of hydrogen-bond acceptors (Lipinski definition) is 3. The van der Waals surface area contributed by atoms with Crippen LogP contribution in [0.4, 0.5) is 5.69 Å². The smallest absolute Gasteiger partial charge is 0.125 e. The standard InChI is InChI=1S/C15H23NO2/c1-9-7-13(17)16-12-6-5-10(8-11(9)12)14(18)15(2,3)4/h5-6,8-9,13-14,16-18H,7H2,1-4H3. The molecule has 100 valence electrons. The van der Waals surface area contributed by atoms with E-state index < -0.39 is 12.3 Å². The number of aliphatic hydroxyl groups is 2. The molecule has 0 aliphatic carbocycles. The Kier molecular flexibility index (Phi) is 3.39. The molecule has 2 rings (SSSR count). The van der Waals surface area contributed by atoms with Crippen LogP contribution in [0.5, 0.6) is 0 Å². The van der Waals surface area contributed by atoms with Gasteiger partial charge in [0.15, 0.2) is 0 Å². The first-order valence-corrected chi connectivity index (χ1v) is 6.55. The fraction of sp³-hybridized carbons (Fsp3) is 0.600. The van der Waals surface area contributed by atoms with Crippen LogP contribution in [0, 0.1) is 5.41 Å². The lowest BCUT2D eigenvalue weighted by atomic mass is 9.82. The first-order valence-electron chi connectivity index (χ1n) is 6.55. The SMILES string of the molecule is CC1CC(O)Nc2ccc(C(O)C(C)(C)C)cc21. The highest BCUT2D eigenvalue weighted by Crippen LogP contribution is 2.38. The minimum Gasteiger partial charge on any atom is -0.388 e. The molecule has 3 atom stereocenters. The van der Waals surface area contributed by atoms with E-state index in [-0.39, 0.29) is 5.41 Å². The van der Waals surface area contributed by atoms with Gasteiger partial charge in [0, 0.05) is 5.69 Å². The van der Waals surface area contributed by atoms with Gasteiger partial charge in [-0.3, -0.25) is 0 Å². The Morgan fingerprint density at radius 2 is 2.00 bits per heavy atom. The molecule has 1 aliphatic rings. The topological polar surface area (TPSA) is 52.5 Å². The predicted molar refractivity (Wildman–Crippen MR) is 73.5 cm³/mol. The molecule has 3 nitrogen and oxygen atoms in total. The number of hydrogen-bond donors (Lipinski definition) is 3. The molecule has 18 heavy (non-hydrogen) atoms. The molecule has 3 heteroatoms. The summed E-state index contributed by atoms with van der Waals surface area (Å²) < 4.78 is 0. The third-order valence-corrected chi connectivity index (χ3v) is 3.64. The maximum atomic E-state index is 10.3. The molecule has 1 aromatic rings. The van der Waals surface area contributed by atoms with E-state index >= 15 is 0 Å². The Bertz CT molecular complexity index is 437. The van der Waals surface area contributed by atoms with Crippen LogP contribution in [0.25, 0.3) is 0 Å². The van der Waals surface area contributed by atoms with Gasteiger partial charge in [-0.15, -0.1) is 0 Å². The Labute approximate surface area is 109 Å². The van der Waals surface area contributed by atoms with Gasteiger partial charge in [-0.25, -0.2) is 0 Å². The van der Waals surface area contributed by atoms with Gasteiger partial charge in [-0.1, -0.05) is 39.8 Å². The Hall–Kier alpha value is -1.06. The van der Waals surface area contributed by atoms with Gasteiger partial charge in [0.1, 0.15) is 6.23 Å². The van der Waals surface area contributed by atoms with Crippen LogP contribution < -0.4 is 5.32 Å². The van der Waals surface area contributed by atoms with E-state index in [1.807, 2.05) is 32.9 Å². The molecule has 0 saturated carbocycles. The van der Waals surface area contributed by atoms with E-state index in [4.69, 9.17) is 0 Å². The highest BCUT2D eigenvalue weighted by atomic mass is 16.3. The molecular formula is C15H23NO2. The van der Waals surface area contributed by atoms with Gasteiger partial charge in [0.25, 0.3) is 0 Å². The fourth-order valence-corrected chi connectivity index (χ4v) is 2.49. The Morgan fingerprint density at radius 1 is 1.33 bits per heavy atom. The zero-order valence-corrected chi connectivity index (χ0v) is 11.6. The average molecular weight is 249 g/mol. The maximum absolute atomic E-state index is 10.3. The molecule has 0 aromatic heterocycles. The second-order valence-corrected chi connectivity index (χ2v) is 6.41. The van der Waals surface area contributed by atoms with Gasteiger partial charge in [-0.2, -0.15) is 0 Å². The van der Waals surface area contributed by atoms with Gasteiger partial charge in [0.05, 0.1) is 6.10 Å². The van der Waals surface area contributed by atoms with Crippen LogP contribution in [-0.4, -0.2) is 16.4 Å². The van der Waals surface area contributed by atoms with E-state index in [1.54, 1.807) is 0 Å². The summed E-state index contributed by atoms with van der Waals surface area (Å²) in [6.45, 7) is 8.20. The third-order valence-electron chi connectivity index (χ3n) is 3.64. The van der Waals surface area contributed by atoms with Crippen LogP contribution in [0.15, 0.2) is 18.2 Å². The van der Waals surface area contributed by atoms with E-state index in [0.29, 0.717) is 12.3 Å². The summed E-state index contributed by atoms with van der Waals surface area (Å²) in [6, 6.07) is 5.96. The van der Waals surface area contributed by atoms with E-state index in [0.717, 1.165) is 11.3 Å². The van der Waals surface area contributed by atoms with Crippen molar-refractivity contribution < 1.29 is 10.2 Å². The summed E-state index contributed by atoms with van der Waals surface area (Å²) in [5.74, 6) is 0.309. The van der Waals surface area contributed by atoms with E-state index in [1.165, 1.54) is 5.56 Å². The number of benzene rings is 1. The van der Waals surface area contributed by atoms with Crippen LogP contribution in [0.2, 0.25) is 0 Å². The summed E-state index contributed by atoms with van der Waals surface area (Å²) in [5, 5.41) is 23.1. The lowest BCUT2D eigenvalue weighted by Gasteiger charge is -2.31. The number of aliphatic hydroxyl groups excluding tert-OH is 2. The fourth-order valence-electron chi connectivity index (χ4n) is 2.49. The molecule has 0 spiro atoms. The summed E-state index contributed by atoms with van der Waals surface area (Å²) in [7, 11) is 0. The van der Waals surface area contributed by atoms with Crippen LogP contribution in [0.1, 0.15) is 57.3 Å². The minimum atomic E-state index is -0.471. The summed E-state index contributed by atoms with van der Waals surface area (Å²) in [6.07, 6.45) is -0.227. The molecule has 0 saturated heterocycles. The van der Waals surface area contributed by atoms with Crippen LogP contribution in [-0.2, 0) is 0 Å². The van der Waals surface area contributed by atoms with Crippen molar-refractivity contribution in [3.63, 3.8) is 0 Å². The van der Waals surface area contributed by atoms with E-state index in [2.05, 4.69) is 18.3 Å². The first-order chi connectivity index (χ1) is 8.29. The third kappa shape index (κ3) is 2.52. The number of fused-ring (bicyclic) bond motifs is 1. The van der Waals surface area contributed by atoms with Crippen molar-refractivity contribution in [2.24, 2.45) is 5.41 Å². The van der Waals surface area contributed by atoms with Gasteiger partial charge < -0.3 is 15.5 Å². The molecule has 3 N–H and O–H groups in total. The quantitative estimate of drug-likeness (QED) is 0.717. The molecule has 0 amide bonds. The number of anilines is 1. The number of nitrogens with one attached hydrogen (secondary N) is 1.